The highest BCUT2D eigenvalue weighted by Crippen LogP contribution is 2.08. The summed E-state index contributed by atoms with van der Waals surface area (Å²) in [5.41, 5.74) is 0. The number of aliphatic hydroxyl groups excluding tert-OH is 1. The number of nitrogens with one attached hydrogen (secondary N) is 1. The molecule has 2 N–H and O–H groups in total. The molecular weight excluding hydrogens is 170 g/mol. The van der Waals surface area contributed by atoms with Crippen molar-refractivity contribution in [3.8, 4) is 0 Å². The average molecular weight is 187 g/mol. The second-order valence-electron chi connectivity index (χ2n) is 3.70. The number of hydrogen-bond donors (Lipinski definition) is 2. The van der Waals surface area contributed by atoms with E-state index in [1.807, 2.05) is 13.8 Å². The third kappa shape index (κ3) is 2.97. The highest BCUT2D eigenvalue weighted by Gasteiger charge is 2.25. The van der Waals surface area contributed by atoms with Crippen LogP contribution in [0.1, 0.15) is 20.3 Å². The van der Waals surface area contributed by atoms with Gasteiger partial charge in [-0.3, -0.25) is 4.79 Å². The van der Waals surface area contributed by atoms with Gasteiger partial charge in [-0.2, -0.15) is 0 Å². The fourth-order valence-electron chi connectivity index (χ4n) is 1.21. The Morgan fingerprint density at radius 1 is 1.62 bits per heavy atom. The van der Waals surface area contributed by atoms with Crippen LogP contribution in [0.2, 0.25) is 0 Å². The van der Waals surface area contributed by atoms with Gasteiger partial charge in [0, 0.05) is 12.5 Å². The summed E-state index contributed by atoms with van der Waals surface area (Å²) in [5, 5.41) is 12.3. The van der Waals surface area contributed by atoms with Gasteiger partial charge in [-0.25, -0.2) is 0 Å². The van der Waals surface area contributed by atoms with E-state index in [-0.39, 0.29) is 17.9 Å². The maximum atomic E-state index is 11.3. The zero-order valence-corrected chi connectivity index (χ0v) is 8.12. The minimum Gasteiger partial charge on any atom is -0.391 e. The number of carbonyl (C=O) groups is 1. The van der Waals surface area contributed by atoms with Crippen molar-refractivity contribution in [1.29, 1.82) is 0 Å². The molecule has 1 rings (SSSR count). The molecule has 0 unspecified atom stereocenters. The van der Waals surface area contributed by atoms with Gasteiger partial charge in [-0.15, -0.1) is 0 Å². The zero-order valence-electron chi connectivity index (χ0n) is 8.12. The fraction of sp³-hybridized carbons (Fsp3) is 0.889. The van der Waals surface area contributed by atoms with Crippen LogP contribution in [-0.4, -0.2) is 36.4 Å². The van der Waals surface area contributed by atoms with Gasteiger partial charge in [0.2, 0.25) is 5.91 Å². The quantitative estimate of drug-likeness (QED) is 0.635. The van der Waals surface area contributed by atoms with E-state index >= 15 is 0 Å². The second kappa shape index (κ2) is 4.58. The van der Waals surface area contributed by atoms with Gasteiger partial charge in [0.05, 0.1) is 18.8 Å². The van der Waals surface area contributed by atoms with Crippen LogP contribution in [0, 0.1) is 5.92 Å². The van der Waals surface area contributed by atoms with Crippen LogP contribution in [0.15, 0.2) is 0 Å². The molecule has 0 saturated carbocycles. The third-order valence-corrected chi connectivity index (χ3v) is 2.17. The van der Waals surface area contributed by atoms with Crippen LogP contribution in [0.3, 0.4) is 0 Å². The van der Waals surface area contributed by atoms with E-state index in [0.29, 0.717) is 19.6 Å². The van der Waals surface area contributed by atoms with Crippen molar-refractivity contribution in [2.75, 3.05) is 13.2 Å². The van der Waals surface area contributed by atoms with E-state index in [1.165, 1.54) is 0 Å². The van der Waals surface area contributed by atoms with Crippen molar-refractivity contribution < 1.29 is 14.6 Å². The lowest BCUT2D eigenvalue weighted by Crippen LogP contribution is -2.50. The van der Waals surface area contributed by atoms with Gasteiger partial charge in [-0.05, 0) is 6.42 Å². The number of carbonyl (C=O) groups excluding carboxylic acids is 1. The molecule has 1 fully saturated rings. The second-order valence-corrected chi connectivity index (χ2v) is 3.70. The fourth-order valence-corrected chi connectivity index (χ4v) is 1.21. The van der Waals surface area contributed by atoms with Crippen molar-refractivity contribution >= 4 is 5.91 Å². The molecule has 0 aromatic rings. The average Bonchev–Trinajstić information content (AvgIpc) is 2.08. The SMILES string of the molecule is CC(C)C(=O)N[C@H]1COCC[C@@H]1O. The van der Waals surface area contributed by atoms with Crippen LogP contribution in [0.4, 0.5) is 0 Å². The number of ether oxygens (including phenoxy) is 1. The molecule has 13 heavy (non-hydrogen) atoms. The lowest BCUT2D eigenvalue weighted by molar-refractivity contribution is -0.127. The summed E-state index contributed by atoms with van der Waals surface area (Å²) in [6, 6.07) is -0.233. The summed E-state index contributed by atoms with van der Waals surface area (Å²) in [4.78, 5) is 11.3. The minimum atomic E-state index is -0.462. The largest absolute Gasteiger partial charge is 0.391 e. The van der Waals surface area contributed by atoms with E-state index in [4.69, 9.17) is 4.74 Å². The molecular formula is C9H17NO3. The van der Waals surface area contributed by atoms with E-state index in [0.717, 1.165) is 0 Å². The number of rotatable bonds is 2. The van der Waals surface area contributed by atoms with E-state index in [9.17, 15) is 9.90 Å². The summed E-state index contributed by atoms with van der Waals surface area (Å²) in [6.07, 6.45) is 0.139. The highest BCUT2D eigenvalue weighted by atomic mass is 16.5. The summed E-state index contributed by atoms with van der Waals surface area (Å²) < 4.78 is 5.16. The van der Waals surface area contributed by atoms with E-state index in [1.54, 1.807) is 0 Å². The molecule has 1 amide bonds. The molecule has 1 saturated heterocycles. The van der Waals surface area contributed by atoms with E-state index < -0.39 is 6.10 Å². The number of aliphatic hydroxyl groups is 1. The molecule has 0 aromatic heterocycles. The molecule has 0 aliphatic carbocycles. The molecule has 76 valence electrons. The molecule has 1 heterocycles. The molecule has 0 radical (unpaired) electrons. The maximum absolute atomic E-state index is 11.3. The lowest BCUT2D eigenvalue weighted by atomic mass is 10.1. The van der Waals surface area contributed by atoms with Crippen LogP contribution in [-0.2, 0) is 9.53 Å². The standard InChI is InChI=1S/C9H17NO3/c1-6(2)9(12)10-7-5-13-4-3-8(7)11/h6-8,11H,3-5H2,1-2H3,(H,10,12)/t7-,8-/m0/s1. The first kappa shape index (κ1) is 10.5. The molecule has 0 bridgehead atoms. The Hall–Kier alpha value is -0.610. The number of hydrogen-bond acceptors (Lipinski definition) is 3. The Balaban J connectivity index is 2.38. The van der Waals surface area contributed by atoms with Gasteiger partial charge in [0.25, 0.3) is 0 Å². The Morgan fingerprint density at radius 3 is 2.85 bits per heavy atom. The Morgan fingerprint density at radius 2 is 2.31 bits per heavy atom. The van der Waals surface area contributed by atoms with E-state index in [2.05, 4.69) is 5.32 Å². The normalized spacial score (nSPS) is 28.9. The predicted octanol–water partition coefficient (Wildman–Crippen LogP) is -0.0916. The Kier molecular flexibility index (Phi) is 3.69. The Bertz CT molecular complexity index is 182. The molecule has 0 spiro atoms. The van der Waals surface area contributed by atoms with Crippen LogP contribution < -0.4 is 5.32 Å². The molecule has 0 aromatic carbocycles. The summed E-state index contributed by atoms with van der Waals surface area (Å²) in [5.74, 6) is -0.0799. The maximum Gasteiger partial charge on any atom is 0.222 e. The molecule has 1 aliphatic heterocycles. The van der Waals surface area contributed by atoms with Crippen LogP contribution in [0.25, 0.3) is 0 Å². The molecule has 4 heteroatoms. The lowest BCUT2D eigenvalue weighted by Gasteiger charge is -2.28. The van der Waals surface area contributed by atoms with Gasteiger partial charge >= 0.3 is 0 Å². The first-order chi connectivity index (χ1) is 6.11. The van der Waals surface area contributed by atoms with Gasteiger partial charge < -0.3 is 15.2 Å². The molecule has 2 atom stereocenters. The monoisotopic (exact) mass is 187 g/mol. The first-order valence-corrected chi connectivity index (χ1v) is 4.67. The van der Waals surface area contributed by atoms with Crippen molar-refractivity contribution in [3.63, 3.8) is 0 Å². The Labute approximate surface area is 78.3 Å². The van der Waals surface area contributed by atoms with Crippen LogP contribution >= 0.6 is 0 Å². The smallest absolute Gasteiger partial charge is 0.222 e. The highest BCUT2D eigenvalue weighted by molar-refractivity contribution is 5.78. The summed E-state index contributed by atoms with van der Waals surface area (Å²) in [7, 11) is 0. The number of amides is 1. The van der Waals surface area contributed by atoms with Crippen molar-refractivity contribution in [2.45, 2.75) is 32.4 Å². The molecule has 4 nitrogen and oxygen atoms in total. The predicted molar refractivity (Wildman–Crippen MR) is 48.2 cm³/mol. The first-order valence-electron chi connectivity index (χ1n) is 4.67. The third-order valence-electron chi connectivity index (χ3n) is 2.17. The zero-order chi connectivity index (χ0) is 9.84. The van der Waals surface area contributed by atoms with Crippen molar-refractivity contribution in [2.24, 2.45) is 5.92 Å². The van der Waals surface area contributed by atoms with Gasteiger partial charge in [0.15, 0.2) is 0 Å². The van der Waals surface area contributed by atoms with Crippen molar-refractivity contribution in [3.05, 3.63) is 0 Å². The van der Waals surface area contributed by atoms with Crippen LogP contribution in [0.5, 0.6) is 0 Å². The molecule has 1 aliphatic rings. The van der Waals surface area contributed by atoms with Gasteiger partial charge in [-0.1, -0.05) is 13.8 Å². The van der Waals surface area contributed by atoms with Gasteiger partial charge in [0.1, 0.15) is 0 Å². The topological polar surface area (TPSA) is 58.6 Å². The van der Waals surface area contributed by atoms with Crippen molar-refractivity contribution in [1.82, 2.24) is 5.32 Å². The summed E-state index contributed by atoms with van der Waals surface area (Å²) >= 11 is 0. The minimum absolute atomic E-state index is 0.0328. The summed E-state index contributed by atoms with van der Waals surface area (Å²) in [6.45, 7) is 4.64.